The van der Waals surface area contributed by atoms with E-state index >= 15 is 0 Å². The van der Waals surface area contributed by atoms with E-state index in [1.165, 1.54) is 0 Å². The summed E-state index contributed by atoms with van der Waals surface area (Å²) in [4.78, 5) is 11.4. The second-order valence-corrected chi connectivity index (χ2v) is 5.06. The number of carbonyl (C=O) groups excluding carboxylic acids is 1. The number of hydrogen-bond donors (Lipinski definition) is 0. The SMILES string of the molecule is O=C1CCCC1CCOc1c(Cl)cccc1Cl. The van der Waals surface area contributed by atoms with E-state index in [-0.39, 0.29) is 5.92 Å². The molecule has 0 amide bonds. The Bertz CT molecular complexity index is 398. The summed E-state index contributed by atoms with van der Waals surface area (Å²) in [5, 5.41) is 1.02. The minimum absolute atomic E-state index is 0.163. The molecule has 0 aliphatic heterocycles. The van der Waals surface area contributed by atoms with Crippen LogP contribution in [0.3, 0.4) is 0 Å². The molecule has 1 saturated carbocycles. The van der Waals surface area contributed by atoms with Gasteiger partial charge in [0.2, 0.25) is 0 Å². The van der Waals surface area contributed by atoms with E-state index in [1.807, 2.05) is 0 Å². The zero-order chi connectivity index (χ0) is 12.3. The van der Waals surface area contributed by atoms with Gasteiger partial charge in [-0.05, 0) is 31.4 Å². The lowest BCUT2D eigenvalue weighted by molar-refractivity contribution is -0.120. The number of ketones is 1. The first kappa shape index (κ1) is 12.7. The number of benzene rings is 1. The number of ether oxygens (including phenoxy) is 1. The highest BCUT2D eigenvalue weighted by Crippen LogP contribution is 2.33. The molecule has 0 bridgehead atoms. The van der Waals surface area contributed by atoms with Crippen molar-refractivity contribution >= 4 is 29.0 Å². The van der Waals surface area contributed by atoms with Gasteiger partial charge in [0.05, 0.1) is 16.7 Å². The van der Waals surface area contributed by atoms with Gasteiger partial charge in [-0.1, -0.05) is 29.3 Å². The van der Waals surface area contributed by atoms with Crippen LogP contribution in [-0.2, 0) is 4.79 Å². The summed E-state index contributed by atoms with van der Waals surface area (Å²) in [5.74, 6) is 1.04. The van der Waals surface area contributed by atoms with Crippen LogP contribution < -0.4 is 4.74 Å². The normalized spacial score (nSPS) is 19.6. The maximum atomic E-state index is 11.4. The van der Waals surface area contributed by atoms with E-state index in [0.29, 0.717) is 28.2 Å². The molecule has 4 heteroatoms. The molecule has 2 rings (SSSR count). The quantitative estimate of drug-likeness (QED) is 0.824. The van der Waals surface area contributed by atoms with Crippen LogP contribution in [-0.4, -0.2) is 12.4 Å². The van der Waals surface area contributed by atoms with Gasteiger partial charge in [-0.15, -0.1) is 0 Å². The Kier molecular flexibility index (Phi) is 4.30. The molecule has 92 valence electrons. The highest BCUT2D eigenvalue weighted by Gasteiger charge is 2.24. The molecular weight excluding hydrogens is 259 g/mol. The molecule has 1 unspecified atom stereocenters. The largest absolute Gasteiger partial charge is 0.490 e. The summed E-state index contributed by atoms with van der Waals surface area (Å²) in [6.45, 7) is 0.486. The molecule has 1 atom stereocenters. The highest BCUT2D eigenvalue weighted by atomic mass is 35.5. The predicted molar refractivity (Wildman–Crippen MR) is 68.9 cm³/mol. The van der Waals surface area contributed by atoms with Crippen LogP contribution in [0.15, 0.2) is 18.2 Å². The van der Waals surface area contributed by atoms with Crippen LogP contribution >= 0.6 is 23.2 Å². The van der Waals surface area contributed by atoms with Gasteiger partial charge in [0.15, 0.2) is 5.75 Å². The molecule has 1 aliphatic rings. The van der Waals surface area contributed by atoms with E-state index in [2.05, 4.69) is 0 Å². The molecule has 17 heavy (non-hydrogen) atoms. The first-order valence-corrected chi connectivity index (χ1v) is 6.53. The lowest BCUT2D eigenvalue weighted by atomic mass is 10.0. The summed E-state index contributed by atoms with van der Waals surface area (Å²) in [6.07, 6.45) is 3.46. The van der Waals surface area contributed by atoms with E-state index in [9.17, 15) is 4.79 Å². The summed E-state index contributed by atoms with van der Waals surface area (Å²) in [5.41, 5.74) is 0. The van der Waals surface area contributed by atoms with Crippen LogP contribution in [0.1, 0.15) is 25.7 Å². The first-order chi connectivity index (χ1) is 8.18. The zero-order valence-corrected chi connectivity index (χ0v) is 10.9. The van der Waals surface area contributed by atoms with Crippen LogP contribution in [0, 0.1) is 5.92 Å². The fourth-order valence-corrected chi connectivity index (χ4v) is 2.62. The van der Waals surface area contributed by atoms with Gasteiger partial charge in [0.25, 0.3) is 0 Å². The van der Waals surface area contributed by atoms with Gasteiger partial charge < -0.3 is 4.74 Å². The maximum absolute atomic E-state index is 11.4. The Morgan fingerprint density at radius 2 is 2.00 bits per heavy atom. The third-order valence-electron chi connectivity index (χ3n) is 3.06. The smallest absolute Gasteiger partial charge is 0.156 e. The number of Topliss-reactive ketones (excluding diaryl/α,β-unsaturated/α-hetero) is 1. The third kappa shape index (κ3) is 3.14. The van der Waals surface area contributed by atoms with Gasteiger partial charge in [0, 0.05) is 12.3 Å². The molecule has 2 nitrogen and oxygen atoms in total. The molecule has 1 fully saturated rings. The van der Waals surface area contributed by atoms with Crippen LogP contribution in [0.4, 0.5) is 0 Å². The molecule has 0 N–H and O–H groups in total. The van der Waals surface area contributed by atoms with Gasteiger partial charge in [-0.2, -0.15) is 0 Å². The topological polar surface area (TPSA) is 26.3 Å². The number of carbonyl (C=O) groups is 1. The highest BCUT2D eigenvalue weighted by molar-refractivity contribution is 6.37. The van der Waals surface area contributed by atoms with Crippen LogP contribution in [0.25, 0.3) is 0 Å². The van der Waals surface area contributed by atoms with Gasteiger partial charge in [-0.3, -0.25) is 4.79 Å². The van der Waals surface area contributed by atoms with Crippen molar-refractivity contribution in [2.24, 2.45) is 5.92 Å². The molecular formula is C13H14Cl2O2. The van der Waals surface area contributed by atoms with Gasteiger partial charge in [-0.25, -0.2) is 0 Å². The predicted octanol–water partition coefficient (Wildman–Crippen LogP) is 4.13. The summed E-state index contributed by atoms with van der Waals surface area (Å²) in [7, 11) is 0. The second kappa shape index (κ2) is 5.74. The summed E-state index contributed by atoms with van der Waals surface area (Å²) >= 11 is 12.0. The van der Waals surface area contributed by atoms with Crippen molar-refractivity contribution in [2.45, 2.75) is 25.7 Å². The van der Waals surface area contributed by atoms with Crippen LogP contribution in [0.2, 0.25) is 10.0 Å². The minimum Gasteiger partial charge on any atom is -0.490 e. The molecule has 0 radical (unpaired) electrons. The number of rotatable bonds is 4. The molecule has 0 aromatic heterocycles. The molecule has 1 aromatic rings. The average Bonchev–Trinajstić information content (AvgIpc) is 2.69. The Labute approximate surface area is 111 Å². The average molecular weight is 273 g/mol. The molecule has 1 aromatic carbocycles. The molecule has 0 heterocycles. The fraction of sp³-hybridized carbons (Fsp3) is 0.462. The number of halogens is 2. The monoisotopic (exact) mass is 272 g/mol. The van der Waals surface area contributed by atoms with Crippen molar-refractivity contribution in [2.75, 3.05) is 6.61 Å². The molecule has 0 spiro atoms. The van der Waals surface area contributed by atoms with Crippen LogP contribution in [0.5, 0.6) is 5.75 Å². The Balaban J connectivity index is 1.88. The van der Waals surface area contributed by atoms with E-state index in [4.69, 9.17) is 27.9 Å². The lowest BCUT2D eigenvalue weighted by Gasteiger charge is -2.11. The van der Waals surface area contributed by atoms with Crippen molar-refractivity contribution in [3.63, 3.8) is 0 Å². The van der Waals surface area contributed by atoms with Gasteiger partial charge >= 0.3 is 0 Å². The molecule has 0 saturated heterocycles. The lowest BCUT2D eigenvalue weighted by Crippen LogP contribution is -2.11. The Hall–Kier alpha value is -0.730. The summed E-state index contributed by atoms with van der Waals surface area (Å²) < 4.78 is 5.56. The van der Waals surface area contributed by atoms with Crippen molar-refractivity contribution in [3.8, 4) is 5.75 Å². The zero-order valence-electron chi connectivity index (χ0n) is 9.42. The standard InChI is InChI=1S/C13H14Cl2O2/c14-10-4-2-5-11(15)13(10)17-8-7-9-3-1-6-12(9)16/h2,4-5,9H,1,3,6-8H2. The van der Waals surface area contributed by atoms with Crippen molar-refractivity contribution in [1.82, 2.24) is 0 Å². The number of para-hydroxylation sites is 1. The third-order valence-corrected chi connectivity index (χ3v) is 3.66. The minimum atomic E-state index is 0.163. The van der Waals surface area contributed by atoms with E-state index < -0.39 is 0 Å². The second-order valence-electron chi connectivity index (χ2n) is 4.24. The Morgan fingerprint density at radius 3 is 2.59 bits per heavy atom. The van der Waals surface area contributed by atoms with E-state index in [0.717, 1.165) is 25.7 Å². The van der Waals surface area contributed by atoms with Crippen molar-refractivity contribution < 1.29 is 9.53 Å². The Morgan fingerprint density at radius 1 is 1.29 bits per heavy atom. The fourth-order valence-electron chi connectivity index (χ4n) is 2.12. The summed E-state index contributed by atoms with van der Waals surface area (Å²) in [6, 6.07) is 5.25. The maximum Gasteiger partial charge on any atom is 0.156 e. The first-order valence-electron chi connectivity index (χ1n) is 5.78. The van der Waals surface area contributed by atoms with Crippen molar-refractivity contribution in [1.29, 1.82) is 0 Å². The van der Waals surface area contributed by atoms with Gasteiger partial charge in [0.1, 0.15) is 5.78 Å². The van der Waals surface area contributed by atoms with E-state index in [1.54, 1.807) is 18.2 Å². The molecule has 1 aliphatic carbocycles. The number of hydrogen-bond acceptors (Lipinski definition) is 2. The van der Waals surface area contributed by atoms with Crippen molar-refractivity contribution in [3.05, 3.63) is 28.2 Å².